The molecule has 0 aliphatic carbocycles. The van der Waals surface area contributed by atoms with Crippen LogP contribution in [-0.4, -0.2) is 31.2 Å². The van der Waals surface area contributed by atoms with Crippen molar-refractivity contribution in [2.45, 2.75) is 20.0 Å². The van der Waals surface area contributed by atoms with Crippen molar-refractivity contribution in [1.82, 2.24) is 4.90 Å². The first-order chi connectivity index (χ1) is 5.15. The highest BCUT2D eigenvalue weighted by molar-refractivity contribution is 4.96. The van der Waals surface area contributed by atoms with Crippen molar-refractivity contribution >= 4 is 0 Å². The minimum atomic E-state index is 0.395. The maximum Gasteiger partial charge on any atom is 0.0788 e. The van der Waals surface area contributed by atoms with Gasteiger partial charge < -0.3 is 9.64 Å². The molecule has 1 saturated heterocycles. The highest BCUT2D eigenvalue weighted by atomic mass is 16.5. The zero-order valence-electron chi connectivity index (χ0n) is 7.63. The summed E-state index contributed by atoms with van der Waals surface area (Å²) in [6.45, 7) is 10.3. The van der Waals surface area contributed by atoms with E-state index in [1.807, 2.05) is 6.92 Å². The molecule has 2 nitrogen and oxygen atoms in total. The molecule has 64 valence electrons. The van der Waals surface area contributed by atoms with Gasteiger partial charge in [0.05, 0.1) is 6.10 Å². The van der Waals surface area contributed by atoms with Crippen molar-refractivity contribution in [1.29, 1.82) is 0 Å². The molecule has 0 aromatic rings. The summed E-state index contributed by atoms with van der Waals surface area (Å²) in [5.74, 6) is 0.636. The summed E-state index contributed by atoms with van der Waals surface area (Å²) in [5.41, 5.74) is 1.15. The summed E-state index contributed by atoms with van der Waals surface area (Å²) in [5, 5.41) is 0. The molecule has 1 aliphatic rings. The molecular weight excluding hydrogens is 138 g/mol. The Balaban J connectivity index is 2.49. The first kappa shape index (κ1) is 8.60. The minimum Gasteiger partial charge on any atom is -0.379 e. The third-order valence-corrected chi connectivity index (χ3v) is 2.39. The minimum absolute atomic E-state index is 0.395. The lowest BCUT2D eigenvalue weighted by atomic mass is 10.1. The average Bonchev–Trinajstić information content (AvgIpc) is 2.31. The maximum absolute atomic E-state index is 5.32. The monoisotopic (exact) mass is 155 g/mol. The van der Waals surface area contributed by atoms with Crippen molar-refractivity contribution in [2.24, 2.45) is 5.92 Å². The van der Waals surface area contributed by atoms with Crippen LogP contribution in [0, 0.1) is 5.92 Å². The summed E-state index contributed by atoms with van der Waals surface area (Å²) in [7, 11) is 1.78. The van der Waals surface area contributed by atoms with Gasteiger partial charge in [-0.25, -0.2) is 0 Å². The van der Waals surface area contributed by atoms with Crippen molar-refractivity contribution in [3.05, 3.63) is 12.3 Å². The molecular formula is C9H17NO. The largest absolute Gasteiger partial charge is 0.379 e. The van der Waals surface area contributed by atoms with Crippen LogP contribution in [0.2, 0.25) is 0 Å². The first-order valence-corrected chi connectivity index (χ1v) is 4.08. The molecule has 2 heteroatoms. The SMILES string of the molecule is C=C(C)N1CC(C)C(OC)C1. The molecule has 0 aromatic heterocycles. The Bertz CT molecular complexity index is 156. The van der Waals surface area contributed by atoms with Crippen LogP contribution in [-0.2, 0) is 4.74 Å². The molecule has 0 amide bonds. The van der Waals surface area contributed by atoms with Crippen LogP contribution < -0.4 is 0 Å². The van der Waals surface area contributed by atoms with E-state index in [1.54, 1.807) is 7.11 Å². The molecule has 2 atom stereocenters. The van der Waals surface area contributed by atoms with Gasteiger partial charge in [-0.3, -0.25) is 0 Å². The number of hydrogen-bond donors (Lipinski definition) is 0. The van der Waals surface area contributed by atoms with Gasteiger partial charge in [-0.1, -0.05) is 13.5 Å². The number of hydrogen-bond acceptors (Lipinski definition) is 2. The Morgan fingerprint density at radius 3 is 2.45 bits per heavy atom. The lowest BCUT2D eigenvalue weighted by Gasteiger charge is -2.16. The van der Waals surface area contributed by atoms with Crippen LogP contribution in [0.25, 0.3) is 0 Å². The van der Waals surface area contributed by atoms with Crippen LogP contribution in [0.5, 0.6) is 0 Å². The van der Waals surface area contributed by atoms with E-state index in [4.69, 9.17) is 4.74 Å². The molecule has 0 spiro atoms. The fourth-order valence-electron chi connectivity index (χ4n) is 1.56. The number of allylic oxidation sites excluding steroid dienone is 1. The maximum atomic E-state index is 5.32. The van der Waals surface area contributed by atoms with Crippen LogP contribution in [0.15, 0.2) is 12.3 Å². The quantitative estimate of drug-likeness (QED) is 0.599. The highest BCUT2D eigenvalue weighted by Crippen LogP contribution is 2.21. The van der Waals surface area contributed by atoms with E-state index in [2.05, 4.69) is 18.4 Å². The lowest BCUT2D eigenvalue weighted by Crippen LogP contribution is -2.20. The summed E-state index contributed by atoms with van der Waals surface area (Å²) >= 11 is 0. The van der Waals surface area contributed by atoms with Crippen molar-refractivity contribution in [3.63, 3.8) is 0 Å². The van der Waals surface area contributed by atoms with Gasteiger partial charge in [0.25, 0.3) is 0 Å². The Morgan fingerprint density at radius 1 is 1.55 bits per heavy atom. The van der Waals surface area contributed by atoms with E-state index >= 15 is 0 Å². The molecule has 1 fully saturated rings. The van der Waals surface area contributed by atoms with Crippen molar-refractivity contribution in [3.8, 4) is 0 Å². The lowest BCUT2D eigenvalue weighted by molar-refractivity contribution is 0.0854. The smallest absolute Gasteiger partial charge is 0.0788 e. The Kier molecular flexibility index (Phi) is 2.55. The number of rotatable bonds is 2. The highest BCUT2D eigenvalue weighted by Gasteiger charge is 2.28. The van der Waals surface area contributed by atoms with Crippen LogP contribution in [0.4, 0.5) is 0 Å². The third kappa shape index (κ3) is 1.74. The Hall–Kier alpha value is -0.500. The second kappa shape index (κ2) is 3.26. The normalized spacial score (nSPS) is 31.0. The molecule has 1 rings (SSSR count). The second-order valence-corrected chi connectivity index (χ2v) is 3.39. The van der Waals surface area contributed by atoms with Gasteiger partial charge in [0, 0.05) is 31.8 Å². The third-order valence-electron chi connectivity index (χ3n) is 2.39. The number of nitrogens with zero attached hydrogens (tertiary/aromatic N) is 1. The van der Waals surface area contributed by atoms with Crippen LogP contribution in [0.1, 0.15) is 13.8 Å². The van der Waals surface area contributed by atoms with Gasteiger partial charge in [0.1, 0.15) is 0 Å². The van der Waals surface area contributed by atoms with Crippen LogP contribution in [0.3, 0.4) is 0 Å². The fourth-order valence-corrected chi connectivity index (χ4v) is 1.56. The zero-order chi connectivity index (χ0) is 8.43. The van der Waals surface area contributed by atoms with Crippen molar-refractivity contribution in [2.75, 3.05) is 20.2 Å². The molecule has 0 bridgehead atoms. The van der Waals surface area contributed by atoms with Gasteiger partial charge in [-0.15, -0.1) is 0 Å². The summed E-state index contributed by atoms with van der Waals surface area (Å²) in [6.07, 6.45) is 0.395. The average molecular weight is 155 g/mol. The standard InChI is InChI=1S/C9H17NO/c1-7(2)10-5-8(3)9(6-10)11-4/h8-9H,1,5-6H2,2-4H3. The summed E-state index contributed by atoms with van der Waals surface area (Å²) in [6, 6.07) is 0. The topological polar surface area (TPSA) is 12.5 Å². The van der Waals surface area contributed by atoms with Gasteiger partial charge >= 0.3 is 0 Å². The summed E-state index contributed by atoms with van der Waals surface area (Å²) < 4.78 is 5.32. The number of likely N-dealkylation sites (tertiary alicyclic amines) is 1. The molecule has 1 heterocycles. The fraction of sp³-hybridized carbons (Fsp3) is 0.778. The molecule has 0 saturated carbocycles. The van der Waals surface area contributed by atoms with E-state index < -0.39 is 0 Å². The first-order valence-electron chi connectivity index (χ1n) is 4.08. The zero-order valence-corrected chi connectivity index (χ0v) is 7.63. The number of methoxy groups -OCH3 is 1. The predicted octanol–water partition coefficient (Wildman–Crippen LogP) is 1.49. The Morgan fingerprint density at radius 2 is 2.18 bits per heavy atom. The molecule has 2 unspecified atom stereocenters. The number of ether oxygens (including phenoxy) is 1. The van der Waals surface area contributed by atoms with Gasteiger partial charge in [0.15, 0.2) is 0 Å². The van der Waals surface area contributed by atoms with Crippen molar-refractivity contribution < 1.29 is 4.74 Å². The molecule has 0 aromatic carbocycles. The molecule has 1 aliphatic heterocycles. The Labute approximate surface area is 68.8 Å². The van der Waals surface area contributed by atoms with E-state index in [0.717, 1.165) is 18.8 Å². The van der Waals surface area contributed by atoms with Gasteiger partial charge in [0.2, 0.25) is 0 Å². The van der Waals surface area contributed by atoms with Gasteiger partial charge in [-0.05, 0) is 6.92 Å². The molecule has 0 radical (unpaired) electrons. The summed E-state index contributed by atoms with van der Waals surface area (Å²) in [4.78, 5) is 2.28. The van der Waals surface area contributed by atoms with Crippen LogP contribution >= 0.6 is 0 Å². The van der Waals surface area contributed by atoms with E-state index in [1.165, 1.54) is 0 Å². The second-order valence-electron chi connectivity index (χ2n) is 3.39. The van der Waals surface area contributed by atoms with E-state index in [0.29, 0.717) is 12.0 Å². The van der Waals surface area contributed by atoms with E-state index in [-0.39, 0.29) is 0 Å². The predicted molar refractivity (Wildman–Crippen MR) is 46.3 cm³/mol. The molecule has 11 heavy (non-hydrogen) atoms. The van der Waals surface area contributed by atoms with Gasteiger partial charge in [-0.2, -0.15) is 0 Å². The molecule has 0 N–H and O–H groups in total. The van der Waals surface area contributed by atoms with E-state index in [9.17, 15) is 0 Å².